The molecular weight excluding hydrogens is 272 g/mol. The fourth-order valence-electron chi connectivity index (χ4n) is 1.97. The van der Waals surface area contributed by atoms with E-state index in [0.29, 0.717) is 12.1 Å². The number of carbonyl (C=O) groups excluding carboxylic acids is 1. The first-order valence-electron chi connectivity index (χ1n) is 7.08. The first-order chi connectivity index (χ1) is 9.95. The van der Waals surface area contributed by atoms with Gasteiger partial charge in [0, 0.05) is 25.3 Å². The highest BCUT2D eigenvalue weighted by atomic mass is 16.6. The van der Waals surface area contributed by atoms with Gasteiger partial charge in [0.1, 0.15) is 0 Å². The summed E-state index contributed by atoms with van der Waals surface area (Å²) >= 11 is 0. The molecule has 6 nitrogen and oxygen atoms in total. The van der Waals surface area contributed by atoms with Crippen LogP contribution in [-0.2, 0) is 4.79 Å². The molecule has 6 heteroatoms. The van der Waals surface area contributed by atoms with Crippen molar-refractivity contribution in [3.63, 3.8) is 0 Å². The zero-order valence-corrected chi connectivity index (χ0v) is 12.4. The molecule has 1 amide bonds. The van der Waals surface area contributed by atoms with E-state index in [1.165, 1.54) is 12.1 Å². The number of hydrogen-bond acceptors (Lipinski definition) is 4. The molecule has 0 aromatic heterocycles. The van der Waals surface area contributed by atoms with Gasteiger partial charge in [-0.05, 0) is 31.2 Å². The van der Waals surface area contributed by atoms with Crippen LogP contribution in [-0.4, -0.2) is 29.1 Å². The van der Waals surface area contributed by atoms with Crippen molar-refractivity contribution in [2.45, 2.75) is 32.6 Å². The number of aliphatic hydroxyl groups excluding tert-OH is 1. The van der Waals surface area contributed by atoms with Crippen molar-refractivity contribution in [2.24, 2.45) is 5.92 Å². The van der Waals surface area contributed by atoms with Gasteiger partial charge in [0.05, 0.1) is 10.8 Å². The number of benzene rings is 1. The standard InChI is InChI=1S/C15H22N2O4/c1-11(10-18)5-4-8-16-15(19)12(2)13-6-3-7-14(9-13)17(20)21/h3,6-7,9,11-12,18H,4-5,8,10H2,1-2H3,(H,16,19). The van der Waals surface area contributed by atoms with Gasteiger partial charge in [-0.3, -0.25) is 14.9 Å². The fraction of sp³-hybridized carbons (Fsp3) is 0.533. The lowest BCUT2D eigenvalue weighted by atomic mass is 9.99. The Morgan fingerprint density at radius 2 is 2.14 bits per heavy atom. The van der Waals surface area contributed by atoms with Crippen LogP contribution in [0.25, 0.3) is 0 Å². The Balaban J connectivity index is 2.50. The van der Waals surface area contributed by atoms with Gasteiger partial charge in [0.2, 0.25) is 5.91 Å². The predicted molar refractivity (Wildman–Crippen MR) is 80.0 cm³/mol. The summed E-state index contributed by atoms with van der Waals surface area (Å²) in [6.07, 6.45) is 1.65. The second-order valence-corrected chi connectivity index (χ2v) is 5.29. The van der Waals surface area contributed by atoms with Gasteiger partial charge in [0.25, 0.3) is 5.69 Å². The summed E-state index contributed by atoms with van der Waals surface area (Å²) in [6.45, 7) is 4.37. The maximum Gasteiger partial charge on any atom is 0.269 e. The van der Waals surface area contributed by atoms with E-state index < -0.39 is 10.8 Å². The number of rotatable bonds is 8. The van der Waals surface area contributed by atoms with Crippen LogP contribution in [0.4, 0.5) is 5.69 Å². The lowest BCUT2D eigenvalue weighted by Crippen LogP contribution is -2.29. The minimum atomic E-state index is -0.468. The van der Waals surface area contributed by atoms with Gasteiger partial charge >= 0.3 is 0 Å². The average molecular weight is 294 g/mol. The molecule has 0 bridgehead atoms. The van der Waals surface area contributed by atoms with Crippen LogP contribution in [0.5, 0.6) is 0 Å². The number of amides is 1. The number of nitrogens with zero attached hydrogens (tertiary/aromatic N) is 1. The van der Waals surface area contributed by atoms with Gasteiger partial charge in [-0.15, -0.1) is 0 Å². The van der Waals surface area contributed by atoms with E-state index in [-0.39, 0.29) is 24.1 Å². The summed E-state index contributed by atoms with van der Waals surface area (Å²) in [5, 5.41) is 22.5. The molecule has 21 heavy (non-hydrogen) atoms. The first kappa shape index (κ1) is 17.1. The molecule has 0 saturated carbocycles. The third-order valence-electron chi connectivity index (χ3n) is 3.46. The van der Waals surface area contributed by atoms with E-state index in [4.69, 9.17) is 5.11 Å². The molecule has 1 rings (SSSR count). The maximum atomic E-state index is 12.0. The minimum Gasteiger partial charge on any atom is -0.396 e. The summed E-state index contributed by atoms with van der Waals surface area (Å²) in [5.41, 5.74) is 0.620. The Kier molecular flexibility index (Phi) is 6.81. The molecule has 2 N–H and O–H groups in total. The van der Waals surface area contributed by atoms with Gasteiger partial charge in [-0.1, -0.05) is 19.1 Å². The molecule has 2 atom stereocenters. The van der Waals surface area contributed by atoms with Crippen LogP contribution < -0.4 is 5.32 Å². The largest absolute Gasteiger partial charge is 0.396 e. The quantitative estimate of drug-likeness (QED) is 0.437. The Morgan fingerprint density at radius 1 is 1.43 bits per heavy atom. The SMILES string of the molecule is CC(CO)CCCNC(=O)C(C)c1cccc([N+](=O)[O-])c1. The van der Waals surface area contributed by atoms with E-state index in [1.807, 2.05) is 6.92 Å². The van der Waals surface area contributed by atoms with E-state index in [9.17, 15) is 14.9 Å². The number of hydrogen-bond donors (Lipinski definition) is 2. The molecule has 0 spiro atoms. The van der Waals surface area contributed by atoms with Crippen molar-refractivity contribution in [2.75, 3.05) is 13.2 Å². The molecule has 2 unspecified atom stereocenters. The van der Waals surface area contributed by atoms with Crippen molar-refractivity contribution >= 4 is 11.6 Å². The number of nitro benzene ring substituents is 1. The minimum absolute atomic E-state index is 0.0103. The van der Waals surface area contributed by atoms with Crippen molar-refractivity contribution in [3.05, 3.63) is 39.9 Å². The van der Waals surface area contributed by atoms with Crippen molar-refractivity contribution < 1.29 is 14.8 Å². The number of nitrogens with one attached hydrogen (secondary N) is 1. The van der Waals surface area contributed by atoms with Gasteiger partial charge in [-0.2, -0.15) is 0 Å². The van der Waals surface area contributed by atoms with Gasteiger partial charge < -0.3 is 10.4 Å². The Bertz CT molecular complexity index is 490. The van der Waals surface area contributed by atoms with Crippen LogP contribution in [0.3, 0.4) is 0 Å². The monoisotopic (exact) mass is 294 g/mol. The molecule has 0 heterocycles. The Hall–Kier alpha value is -1.95. The molecule has 0 aliphatic rings. The van der Waals surface area contributed by atoms with Crippen molar-refractivity contribution in [1.29, 1.82) is 0 Å². The third-order valence-corrected chi connectivity index (χ3v) is 3.46. The highest BCUT2D eigenvalue weighted by Gasteiger charge is 2.17. The number of aliphatic hydroxyl groups is 1. The van der Waals surface area contributed by atoms with E-state index >= 15 is 0 Å². The summed E-state index contributed by atoms with van der Waals surface area (Å²) in [7, 11) is 0. The van der Waals surface area contributed by atoms with Crippen molar-refractivity contribution in [1.82, 2.24) is 5.32 Å². The lowest BCUT2D eigenvalue weighted by molar-refractivity contribution is -0.384. The molecule has 0 saturated heterocycles. The Labute approximate surface area is 124 Å². The van der Waals surface area contributed by atoms with Gasteiger partial charge in [-0.25, -0.2) is 0 Å². The smallest absolute Gasteiger partial charge is 0.269 e. The van der Waals surface area contributed by atoms with Gasteiger partial charge in [0.15, 0.2) is 0 Å². The first-order valence-corrected chi connectivity index (χ1v) is 7.08. The highest BCUT2D eigenvalue weighted by Crippen LogP contribution is 2.20. The van der Waals surface area contributed by atoms with Crippen molar-refractivity contribution in [3.8, 4) is 0 Å². The normalized spacial score (nSPS) is 13.5. The second-order valence-electron chi connectivity index (χ2n) is 5.29. The zero-order chi connectivity index (χ0) is 15.8. The lowest BCUT2D eigenvalue weighted by Gasteiger charge is -2.13. The van der Waals surface area contributed by atoms with Crippen LogP contribution in [0, 0.1) is 16.0 Å². The van der Waals surface area contributed by atoms with Crippen LogP contribution in [0.15, 0.2) is 24.3 Å². The Morgan fingerprint density at radius 3 is 2.76 bits per heavy atom. The number of nitro groups is 1. The molecule has 0 radical (unpaired) electrons. The molecule has 1 aromatic rings. The highest BCUT2D eigenvalue weighted by molar-refractivity contribution is 5.83. The fourth-order valence-corrected chi connectivity index (χ4v) is 1.97. The summed E-state index contributed by atoms with van der Waals surface area (Å²) in [5.74, 6) is -0.344. The van der Waals surface area contributed by atoms with E-state index in [2.05, 4.69) is 5.32 Å². The maximum absolute atomic E-state index is 12.0. The van der Waals surface area contributed by atoms with E-state index in [0.717, 1.165) is 12.8 Å². The molecular formula is C15H22N2O4. The predicted octanol–water partition coefficient (Wildman–Crippen LogP) is 2.22. The third kappa shape index (κ3) is 5.51. The van der Waals surface area contributed by atoms with Crippen LogP contribution >= 0.6 is 0 Å². The molecule has 0 aliphatic heterocycles. The molecule has 0 fully saturated rings. The number of non-ortho nitro benzene ring substituents is 1. The summed E-state index contributed by atoms with van der Waals surface area (Å²) in [6, 6.07) is 6.13. The summed E-state index contributed by atoms with van der Waals surface area (Å²) in [4.78, 5) is 22.3. The molecule has 0 aliphatic carbocycles. The number of carbonyl (C=O) groups is 1. The van der Waals surface area contributed by atoms with Crippen LogP contribution in [0.2, 0.25) is 0 Å². The summed E-state index contributed by atoms with van der Waals surface area (Å²) < 4.78 is 0. The van der Waals surface area contributed by atoms with E-state index in [1.54, 1.807) is 19.1 Å². The average Bonchev–Trinajstić information content (AvgIpc) is 2.50. The second kappa shape index (κ2) is 8.36. The topological polar surface area (TPSA) is 92.5 Å². The van der Waals surface area contributed by atoms with Crippen LogP contribution in [0.1, 0.15) is 38.2 Å². The zero-order valence-electron chi connectivity index (χ0n) is 12.4. The molecule has 1 aromatic carbocycles. The molecule has 116 valence electrons.